The lowest BCUT2D eigenvalue weighted by atomic mass is 10.0. The van der Waals surface area contributed by atoms with Crippen LogP contribution in [0.5, 0.6) is 5.88 Å². The van der Waals surface area contributed by atoms with Crippen molar-refractivity contribution in [2.75, 3.05) is 11.9 Å². The molecule has 0 radical (unpaired) electrons. The minimum Gasteiger partial charge on any atom is -0.478 e. The van der Waals surface area contributed by atoms with Gasteiger partial charge in [-0.15, -0.1) is 0 Å². The van der Waals surface area contributed by atoms with Gasteiger partial charge in [-0.2, -0.15) is 10.1 Å². The Morgan fingerprint density at radius 1 is 1.06 bits per heavy atom. The van der Waals surface area contributed by atoms with E-state index in [1.807, 2.05) is 61.9 Å². The highest BCUT2D eigenvalue weighted by molar-refractivity contribution is 5.92. The summed E-state index contributed by atoms with van der Waals surface area (Å²) in [6.07, 6.45) is 0.879. The highest BCUT2D eigenvalue weighted by atomic mass is 16.5. The van der Waals surface area contributed by atoms with Gasteiger partial charge in [0, 0.05) is 23.1 Å². The number of ether oxygens (including phenoxy) is 1. The topological polar surface area (TPSA) is 69.0 Å². The van der Waals surface area contributed by atoms with Crippen LogP contribution in [0.3, 0.4) is 0 Å². The van der Waals surface area contributed by atoms with Gasteiger partial charge in [0.1, 0.15) is 0 Å². The summed E-state index contributed by atoms with van der Waals surface area (Å²) in [5.74, 6) is 0.540. The molecule has 2 aromatic heterocycles. The van der Waals surface area contributed by atoms with E-state index >= 15 is 0 Å². The number of carbonyl (C=O) groups is 1. The Labute approximate surface area is 194 Å². The van der Waals surface area contributed by atoms with Gasteiger partial charge in [0.2, 0.25) is 11.8 Å². The van der Waals surface area contributed by atoms with Crippen molar-refractivity contribution in [2.45, 2.75) is 47.5 Å². The van der Waals surface area contributed by atoms with E-state index in [1.165, 1.54) is 0 Å². The highest BCUT2D eigenvalue weighted by Gasteiger charge is 2.21. The maximum atomic E-state index is 12.7. The van der Waals surface area contributed by atoms with Crippen LogP contribution in [0, 0.1) is 27.7 Å². The predicted molar refractivity (Wildman–Crippen MR) is 132 cm³/mol. The van der Waals surface area contributed by atoms with Gasteiger partial charge < -0.3 is 10.1 Å². The number of fused-ring (bicyclic) bond motifs is 1. The fourth-order valence-corrected chi connectivity index (χ4v) is 4.19. The summed E-state index contributed by atoms with van der Waals surface area (Å²) in [7, 11) is 0. The number of aryl methyl sites for hydroxylation is 4. The van der Waals surface area contributed by atoms with Crippen LogP contribution < -0.4 is 10.1 Å². The lowest BCUT2D eigenvalue weighted by Gasteiger charge is -2.14. The van der Waals surface area contributed by atoms with Gasteiger partial charge in [-0.1, -0.05) is 30.3 Å². The van der Waals surface area contributed by atoms with E-state index in [4.69, 9.17) is 14.8 Å². The molecule has 2 heterocycles. The number of nitrogens with zero attached hydrogens (tertiary/aromatic N) is 3. The Kier molecular flexibility index (Phi) is 6.45. The lowest BCUT2D eigenvalue weighted by Crippen LogP contribution is -2.14. The van der Waals surface area contributed by atoms with E-state index < -0.39 is 0 Å². The van der Waals surface area contributed by atoms with Crippen molar-refractivity contribution >= 4 is 22.6 Å². The number of rotatable bonds is 7. The Morgan fingerprint density at radius 3 is 2.58 bits per heavy atom. The van der Waals surface area contributed by atoms with Gasteiger partial charge in [-0.25, -0.2) is 4.68 Å². The molecular weight excluding hydrogens is 412 g/mol. The van der Waals surface area contributed by atoms with Crippen molar-refractivity contribution in [3.05, 3.63) is 76.5 Å². The molecule has 0 saturated heterocycles. The van der Waals surface area contributed by atoms with Gasteiger partial charge in [-0.3, -0.25) is 4.79 Å². The Morgan fingerprint density at radius 2 is 1.85 bits per heavy atom. The van der Waals surface area contributed by atoms with Crippen LogP contribution in [0.1, 0.15) is 41.3 Å². The maximum absolute atomic E-state index is 12.7. The summed E-state index contributed by atoms with van der Waals surface area (Å²) in [6.45, 7) is 10.6. The number of para-hydroxylation sites is 1. The van der Waals surface area contributed by atoms with Crippen molar-refractivity contribution in [1.29, 1.82) is 0 Å². The molecule has 170 valence electrons. The van der Waals surface area contributed by atoms with Crippen LogP contribution in [0.2, 0.25) is 0 Å². The average molecular weight is 443 g/mol. The van der Waals surface area contributed by atoms with E-state index in [0.717, 1.165) is 50.4 Å². The molecule has 4 rings (SSSR count). The van der Waals surface area contributed by atoms with Gasteiger partial charge in [0.05, 0.1) is 18.0 Å². The minimum atomic E-state index is -0.0292. The zero-order valence-corrected chi connectivity index (χ0v) is 19.9. The zero-order chi connectivity index (χ0) is 23.5. The molecular formula is C27H30N4O2. The summed E-state index contributed by atoms with van der Waals surface area (Å²) in [5, 5.41) is 8.81. The smallest absolute Gasteiger partial charge is 0.224 e. The third kappa shape index (κ3) is 4.60. The summed E-state index contributed by atoms with van der Waals surface area (Å²) < 4.78 is 7.81. The van der Waals surface area contributed by atoms with Crippen molar-refractivity contribution in [3.63, 3.8) is 0 Å². The van der Waals surface area contributed by atoms with Crippen LogP contribution in [0.25, 0.3) is 16.7 Å². The molecule has 0 aliphatic rings. The molecule has 6 nitrogen and oxygen atoms in total. The zero-order valence-electron chi connectivity index (χ0n) is 19.9. The molecule has 1 amide bonds. The first-order valence-corrected chi connectivity index (χ1v) is 11.3. The molecule has 0 atom stereocenters. The van der Waals surface area contributed by atoms with Gasteiger partial charge in [0.15, 0.2) is 5.65 Å². The fourth-order valence-electron chi connectivity index (χ4n) is 4.19. The first-order valence-electron chi connectivity index (χ1n) is 11.3. The molecule has 1 N–H and O–H groups in total. The van der Waals surface area contributed by atoms with Crippen LogP contribution in [0.4, 0.5) is 5.69 Å². The van der Waals surface area contributed by atoms with Crippen molar-refractivity contribution in [3.8, 4) is 11.6 Å². The average Bonchev–Trinajstić information content (AvgIpc) is 3.11. The van der Waals surface area contributed by atoms with E-state index in [1.54, 1.807) is 0 Å². The normalized spacial score (nSPS) is 11.1. The number of amides is 1. The van der Waals surface area contributed by atoms with E-state index in [-0.39, 0.29) is 5.91 Å². The number of benzene rings is 2. The predicted octanol–water partition coefficient (Wildman–Crippen LogP) is 5.62. The quantitative estimate of drug-likeness (QED) is 0.403. The number of aromatic nitrogens is 3. The molecule has 0 unspecified atom stereocenters. The SMILES string of the molecule is CCOc1nc2c(c(C)nn2-c2cccc(C)c2)c(C)c1CCC(=O)Nc1ccccc1C. The first-order chi connectivity index (χ1) is 15.9. The van der Waals surface area contributed by atoms with E-state index in [9.17, 15) is 4.79 Å². The lowest BCUT2D eigenvalue weighted by molar-refractivity contribution is -0.116. The number of carbonyl (C=O) groups excluding carboxylic acids is 1. The standard InChI is InChI=1S/C27H30N4O2/c1-6-33-27-22(14-15-24(32)28-23-13-8-7-11-18(23)3)19(4)25-20(5)30-31(26(25)29-27)21-12-9-10-17(2)16-21/h7-13,16H,6,14-15H2,1-5H3,(H,28,32). The van der Waals surface area contributed by atoms with Crippen molar-refractivity contribution in [2.24, 2.45) is 0 Å². The van der Waals surface area contributed by atoms with Crippen molar-refractivity contribution < 1.29 is 9.53 Å². The summed E-state index contributed by atoms with van der Waals surface area (Å²) in [6, 6.07) is 16.0. The molecule has 0 aliphatic carbocycles. The van der Waals surface area contributed by atoms with Crippen LogP contribution in [-0.2, 0) is 11.2 Å². The van der Waals surface area contributed by atoms with Crippen LogP contribution in [0.15, 0.2) is 48.5 Å². The highest BCUT2D eigenvalue weighted by Crippen LogP contribution is 2.32. The van der Waals surface area contributed by atoms with Crippen LogP contribution in [-0.4, -0.2) is 27.3 Å². The molecule has 0 aliphatic heterocycles. The second-order valence-corrected chi connectivity index (χ2v) is 8.35. The number of hydrogen-bond donors (Lipinski definition) is 1. The second-order valence-electron chi connectivity index (χ2n) is 8.35. The van der Waals surface area contributed by atoms with E-state index in [2.05, 4.69) is 31.3 Å². The van der Waals surface area contributed by atoms with Gasteiger partial charge in [0.25, 0.3) is 0 Å². The molecule has 33 heavy (non-hydrogen) atoms. The van der Waals surface area contributed by atoms with E-state index in [0.29, 0.717) is 25.3 Å². The number of anilines is 1. The molecule has 6 heteroatoms. The van der Waals surface area contributed by atoms with Gasteiger partial charge in [-0.05, 0) is 75.9 Å². The minimum absolute atomic E-state index is 0.0292. The number of pyridine rings is 1. The Hall–Kier alpha value is -3.67. The Balaban J connectivity index is 1.69. The molecule has 2 aromatic carbocycles. The Bertz CT molecular complexity index is 1320. The largest absolute Gasteiger partial charge is 0.478 e. The van der Waals surface area contributed by atoms with Gasteiger partial charge >= 0.3 is 0 Å². The maximum Gasteiger partial charge on any atom is 0.224 e. The summed E-state index contributed by atoms with van der Waals surface area (Å²) in [4.78, 5) is 17.6. The third-order valence-corrected chi connectivity index (χ3v) is 5.88. The number of hydrogen-bond acceptors (Lipinski definition) is 4. The second kappa shape index (κ2) is 9.45. The fraction of sp³-hybridized carbons (Fsp3) is 0.296. The third-order valence-electron chi connectivity index (χ3n) is 5.88. The first kappa shape index (κ1) is 22.5. The molecule has 0 fully saturated rings. The monoisotopic (exact) mass is 442 g/mol. The van der Waals surface area contributed by atoms with Crippen LogP contribution >= 0.6 is 0 Å². The molecule has 0 bridgehead atoms. The molecule has 0 spiro atoms. The summed E-state index contributed by atoms with van der Waals surface area (Å²) >= 11 is 0. The molecule has 4 aromatic rings. The summed E-state index contributed by atoms with van der Waals surface area (Å²) in [5.41, 5.74) is 7.70. The molecule has 0 saturated carbocycles. The number of nitrogens with one attached hydrogen (secondary N) is 1. The van der Waals surface area contributed by atoms with Crippen molar-refractivity contribution in [1.82, 2.24) is 14.8 Å².